The van der Waals surface area contributed by atoms with Crippen LogP contribution in [-0.2, 0) is 13.1 Å². The van der Waals surface area contributed by atoms with E-state index in [1.54, 1.807) is 0 Å². The fourth-order valence-electron chi connectivity index (χ4n) is 1.93. The van der Waals surface area contributed by atoms with E-state index >= 15 is 0 Å². The fraction of sp³-hybridized carbons (Fsp3) is 0.400. The summed E-state index contributed by atoms with van der Waals surface area (Å²) in [6.45, 7) is 6.80. The minimum atomic E-state index is 0.586. The van der Waals surface area contributed by atoms with E-state index in [9.17, 15) is 0 Å². The third-order valence-corrected chi connectivity index (χ3v) is 3.66. The van der Waals surface area contributed by atoms with Gasteiger partial charge in [-0.15, -0.1) is 0 Å². The largest absolute Gasteiger partial charge is 0.312 e. The van der Waals surface area contributed by atoms with Gasteiger partial charge >= 0.3 is 0 Å². The van der Waals surface area contributed by atoms with Crippen LogP contribution in [-0.4, -0.2) is 16.3 Å². The minimum absolute atomic E-state index is 0.586. The molecular weight excluding hydrogens is 293 g/mol. The summed E-state index contributed by atoms with van der Waals surface area (Å²) >= 11 is 12.3. The van der Waals surface area contributed by atoms with Crippen molar-refractivity contribution in [2.75, 3.05) is 6.54 Å². The molecule has 5 heteroatoms. The van der Waals surface area contributed by atoms with Crippen LogP contribution in [0, 0.1) is 5.92 Å². The molecule has 0 spiro atoms. The summed E-state index contributed by atoms with van der Waals surface area (Å²) < 4.78 is 1.86. The third kappa shape index (κ3) is 4.23. The molecule has 0 amide bonds. The number of hydrogen-bond acceptors (Lipinski definition) is 2. The monoisotopic (exact) mass is 311 g/mol. The summed E-state index contributed by atoms with van der Waals surface area (Å²) in [5, 5.41) is 9.09. The first-order valence-corrected chi connectivity index (χ1v) is 7.47. The maximum atomic E-state index is 6.17. The van der Waals surface area contributed by atoms with Crippen molar-refractivity contribution >= 4 is 23.2 Å². The van der Waals surface area contributed by atoms with Crippen LogP contribution in [0.2, 0.25) is 10.0 Å². The second-order valence-electron chi connectivity index (χ2n) is 5.27. The van der Waals surface area contributed by atoms with Crippen LogP contribution in [0.1, 0.15) is 25.0 Å². The Morgan fingerprint density at radius 2 is 1.95 bits per heavy atom. The lowest BCUT2D eigenvalue weighted by Crippen LogP contribution is -2.18. The molecule has 0 aliphatic rings. The SMILES string of the molecule is CC(C)CNCc1cnn(Cc2c(Cl)cccc2Cl)c1. The maximum Gasteiger partial charge on any atom is 0.0688 e. The Labute approximate surface area is 129 Å². The Hall–Kier alpha value is -1.03. The van der Waals surface area contributed by atoms with Crippen LogP contribution < -0.4 is 5.32 Å². The molecule has 0 fully saturated rings. The molecule has 2 aromatic rings. The lowest BCUT2D eigenvalue weighted by molar-refractivity contribution is 0.552. The normalized spacial score (nSPS) is 11.2. The van der Waals surface area contributed by atoms with Crippen molar-refractivity contribution in [2.24, 2.45) is 5.92 Å². The minimum Gasteiger partial charge on any atom is -0.312 e. The van der Waals surface area contributed by atoms with Gasteiger partial charge in [0.2, 0.25) is 0 Å². The first-order valence-electron chi connectivity index (χ1n) is 6.71. The van der Waals surface area contributed by atoms with Gasteiger partial charge in [-0.25, -0.2) is 0 Å². The summed E-state index contributed by atoms with van der Waals surface area (Å²) in [6, 6.07) is 5.53. The summed E-state index contributed by atoms with van der Waals surface area (Å²) in [4.78, 5) is 0. The smallest absolute Gasteiger partial charge is 0.0688 e. The summed E-state index contributed by atoms with van der Waals surface area (Å²) in [5.41, 5.74) is 2.06. The van der Waals surface area contributed by atoms with Gasteiger partial charge in [0.1, 0.15) is 0 Å². The zero-order valence-corrected chi connectivity index (χ0v) is 13.2. The number of halogens is 2. The van der Waals surface area contributed by atoms with Gasteiger partial charge in [0.25, 0.3) is 0 Å². The molecule has 1 N–H and O–H groups in total. The number of rotatable bonds is 6. The highest BCUT2D eigenvalue weighted by Crippen LogP contribution is 2.24. The van der Waals surface area contributed by atoms with E-state index in [-0.39, 0.29) is 0 Å². The van der Waals surface area contributed by atoms with E-state index in [1.807, 2.05) is 35.3 Å². The Morgan fingerprint density at radius 1 is 1.25 bits per heavy atom. The van der Waals surface area contributed by atoms with Gasteiger partial charge in [-0.1, -0.05) is 43.1 Å². The predicted molar refractivity (Wildman–Crippen MR) is 84.3 cm³/mol. The maximum absolute atomic E-state index is 6.17. The number of hydrogen-bond donors (Lipinski definition) is 1. The number of benzene rings is 1. The van der Waals surface area contributed by atoms with Crippen LogP contribution in [0.25, 0.3) is 0 Å². The Kier molecular flexibility index (Phi) is 5.46. The van der Waals surface area contributed by atoms with E-state index < -0.39 is 0 Å². The van der Waals surface area contributed by atoms with E-state index in [1.165, 1.54) is 0 Å². The average molecular weight is 312 g/mol. The molecule has 1 aromatic carbocycles. The topological polar surface area (TPSA) is 29.9 Å². The van der Waals surface area contributed by atoms with Gasteiger partial charge in [0.15, 0.2) is 0 Å². The molecule has 1 aromatic heterocycles. The van der Waals surface area contributed by atoms with Crippen molar-refractivity contribution in [1.29, 1.82) is 0 Å². The summed E-state index contributed by atoms with van der Waals surface area (Å²) in [6.07, 6.45) is 3.89. The highest BCUT2D eigenvalue weighted by Gasteiger charge is 2.07. The standard InChI is InChI=1S/C15H19Cl2N3/c1-11(2)6-18-7-12-8-19-20(9-12)10-13-14(16)4-3-5-15(13)17/h3-5,8-9,11,18H,6-7,10H2,1-2H3. The van der Waals surface area contributed by atoms with Gasteiger partial charge in [-0.3, -0.25) is 4.68 Å². The number of nitrogens with one attached hydrogen (secondary N) is 1. The molecule has 0 aliphatic carbocycles. The second-order valence-corrected chi connectivity index (χ2v) is 6.09. The molecule has 0 saturated carbocycles. The van der Waals surface area contributed by atoms with Crippen LogP contribution in [0.5, 0.6) is 0 Å². The quantitative estimate of drug-likeness (QED) is 0.874. The first-order chi connectivity index (χ1) is 9.56. The van der Waals surface area contributed by atoms with Crippen molar-refractivity contribution in [3.05, 3.63) is 51.8 Å². The van der Waals surface area contributed by atoms with Crippen molar-refractivity contribution in [3.8, 4) is 0 Å². The molecule has 0 saturated heterocycles. The second kappa shape index (κ2) is 7.11. The lowest BCUT2D eigenvalue weighted by Gasteiger charge is -2.07. The highest BCUT2D eigenvalue weighted by atomic mass is 35.5. The van der Waals surface area contributed by atoms with Crippen molar-refractivity contribution < 1.29 is 0 Å². The Bertz CT molecular complexity index is 544. The molecule has 0 bridgehead atoms. The molecular formula is C15H19Cl2N3. The Balaban J connectivity index is 1.99. The zero-order valence-electron chi connectivity index (χ0n) is 11.7. The predicted octanol–water partition coefficient (Wildman–Crippen LogP) is 3.98. The molecule has 108 valence electrons. The van der Waals surface area contributed by atoms with Crippen molar-refractivity contribution in [2.45, 2.75) is 26.9 Å². The number of nitrogens with zero attached hydrogens (tertiary/aromatic N) is 2. The lowest BCUT2D eigenvalue weighted by atomic mass is 10.2. The van der Waals surface area contributed by atoms with Gasteiger partial charge in [-0.05, 0) is 24.6 Å². The van der Waals surface area contributed by atoms with Crippen LogP contribution in [0.3, 0.4) is 0 Å². The first kappa shape index (κ1) is 15.4. The molecule has 0 aliphatic heterocycles. The Morgan fingerprint density at radius 3 is 2.60 bits per heavy atom. The van der Waals surface area contributed by atoms with E-state index in [4.69, 9.17) is 23.2 Å². The van der Waals surface area contributed by atoms with E-state index in [0.717, 1.165) is 24.2 Å². The van der Waals surface area contributed by atoms with Crippen LogP contribution >= 0.6 is 23.2 Å². The summed E-state index contributed by atoms with van der Waals surface area (Å²) in [7, 11) is 0. The van der Waals surface area contributed by atoms with E-state index in [2.05, 4.69) is 24.3 Å². The van der Waals surface area contributed by atoms with Crippen molar-refractivity contribution in [3.63, 3.8) is 0 Å². The van der Waals surface area contributed by atoms with Gasteiger partial charge in [-0.2, -0.15) is 5.10 Å². The zero-order chi connectivity index (χ0) is 14.5. The highest BCUT2D eigenvalue weighted by molar-refractivity contribution is 6.35. The molecule has 20 heavy (non-hydrogen) atoms. The fourth-order valence-corrected chi connectivity index (χ4v) is 2.45. The third-order valence-electron chi connectivity index (χ3n) is 2.95. The van der Waals surface area contributed by atoms with Crippen molar-refractivity contribution in [1.82, 2.24) is 15.1 Å². The molecule has 0 atom stereocenters. The average Bonchev–Trinajstić information content (AvgIpc) is 2.81. The van der Waals surface area contributed by atoms with Gasteiger partial charge in [0, 0.05) is 33.9 Å². The van der Waals surface area contributed by atoms with Crippen LogP contribution in [0.15, 0.2) is 30.6 Å². The molecule has 1 heterocycles. The van der Waals surface area contributed by atoms with Crippen LogP contribution in [0.4, 0.5) is 0 Å². The summed E-state index contributed by atoms with van der Waals surface area (Å²) in [5.74, 6) is 0.645. The molecule has 0 radical (unpaired) electrons. The number of aromatic nitrogens is 2. The molecule has 0 unspecified atom stereocenters. The van der Waals surface area contributed by atoms with E-state index in [0.29, 0.717) is 22.5 Å². The molecule has 3 nitrogen and oxygen atoms in total. The van der Waals surface area contributed by atoms with Gasteiger partial charge in [0.05, 0.1) is 12.7 Å². The molecule has 2 rings (SSSR count). The van der Waals surface area contributed by atoms with Gasteiger partial charge < -0.3 is 5.32 Å².